The van der Waals surface area contributed by atoms with Gasteiger partial charge in [-0.05, 0) is 48.4 Å². The minimum Gasteiger partial charge on any atom is -0.507 e. The van der Waals surface area contributed by atoms with E-state index in [2.05, 4.69) is 0 Å². The second kappa shape index (κ2) is 7.52. The van der Waals surface area contributed by atoms with Crippen LogP contribution in [0, 0.1) is 5.82 Å². The molecule has 0 bridgehead atoms. The minimum absolute atomic E-state index is 0.103. The first-order valence-electron chi connectivity index (χ1n) is 9.20. The molecule has 2 heterocycles. The molecule has 0 saturated carbocycles. The zero-order chi connectivity index (χ0) is 21.6. The third-order valence-corrected chi connectivity index (χ3v) is 7.37. The largest absolute Gasteiger partial charge is 0.507 e. The highest BCUT2D eigenvalue weighted by Gasteiger charge is 2.51. The lowest BCUT2D eigenvalue weighted by Crippen LogP contribution is -2.40. The van der Waals surface area contributed by atoms with Gasteiger partial charge in [0.15, 0.2) is 9.84 Å². The molecule has 2 aromatic rings. The van der Waals surface area contributed by atoms with Gasteiger partial charge in [-0.15, -0.1) is 0 Å². The Hall–Kier alpha value is -2.71. The Morgan fingerprint density at radius 2 is 1.83 bits per heavy atom. The van der Waals surface area contributed by atoms with Crippen LogP contribution in [-0.4, -0.2) is 47.7 Å². The molecule has 2 aliphatic heterocycles. The number of amides is 1. The number of carbonyl (C=O) groups excluding carboxylic acids is 2. The number of aliphatic hydroxyl groups excluding tert-OH is 1. The number of sulfone groups is 1. The van der Waals surface area contributed by atoms with Crippen molar-refractivity contribution in [1.29, 1.82) is 0 Å². The average Bonchev–Trinajstić information content (AvgIpc) is 3.18. The van der Waals surface area contributed by atoms with Gasteiger partial charge in [-0.2, -0.15) is 0 Å². The monoisotopic (exact) mass is 449 g/mol. The smallest absolute Gasteiger partial charge is 0.295 e. The summed E-state index contributed by atoms with van der Waals surface area (Å²) >= 11 is 5.88. The SMILES string of the molecule is O=C1C(=O)N([C@H]2CCS(=O)(=O)C2)[C@@H](c2cccc(F)c2)C1=C(O)c1ccc(Cl)cc1. The molecular formula is C21H17ClFNO5S. The second-order valence-electron chi connectivity index (χ2n) is 7.33. The third-order valence-electron chi connectivity index (χ3n) is 5.36. The van der Waals surface area contributed by atoms with E-state index in [0.717, 1.165) is 0 Å². The zero-order valence-corrected chi connectivity index (χ0v) is 17.2. The lowest BCUT2D eigenvalue weighted by Gasteiger charge is -2.30. The molecule has 30 heavy (non-hydrogen) atoms. The normalized spacial score (nSPS) is 25.1. The topological polar surface area (TPSA) is 91.8 Å². The van der Waals surface area contributed by atoms with Gasteiger partial charge in [-0.25, -0.2) is 12.8 Å². The third kappa shape index (κ3) is 3.61. The maximum Gasteiger partial charge on any atom is 0.295 e. The van der Waals surface area contributed by atoms with Crippen molar-refractivity contribution >= 4 is 38.9 Å². The number of Topliss-reactive ketones (excluding diaryl/α,β-unsaturated/α-hetero) is 1. The highest BCUT2D eigenvalue weighted by molar-refractivity contribution is 7.91. The molecule has 2 atom stereocenters. The van der Waals surface area contributed by atoms with Gasteiger partial charge in [0.05, 0.1) is 23.1 Å². The number of ketones is 1. The Morgan fingerprint density at radius 3 is 2.43 bits per heavy atom. The molecule has 2 aromatic carbocycles. The fraction of sp³-hybridized carbons (Fsp3) is 0.238. The van der Waals surface area contributed by atoms with Crippen molar-refractivity contribution in [3.63, 3.8) is 0 Å². The van der Waals surface area contributed by atoms with Crippen molar-refractivity contribution in [3.8, 4) is 0 Å². The standard InChI is InChI=1S/C21H17ClFNO5S/c22-14-6-4-12(5-7-14)19(25)17-18(13-2-1-3-15(23)10-13)24(21(27)20(17)26)16-8-9-30(28,29)11-16/h1-7,10,16,18,25H,8-9,11H2/t16-,18-/m0/s1. The van der Waals surface area contributed by atoms with E-state index in [1.54, 1.807) is 0 Å². The molecule has 4 rings (SSSR count). The first kappa shape index (κ1) is 20.6. The molecule has 0 unspecified atom stereocenters. The molecule has 156 valence electrons. The van der Waals surface area contributed by atoms with Gasteiger partial charge in [0.2, 0.25) is 0 Å². The quantitative estimate of drug-likeness (QED) is 0.441. The molecule has 0 aromatic heterocycles. The molecule has 0 aliphatic carbocycles. The Kier molecular flexibility index (Phi) is 5.15. The Morgan fingerprint density at radius 1 is 1.13 bits per heavy atom. The van der Waals surface area contributed by atoms with Gasteiger partial charge < -0.3 is 10.0 Å². The summed E-state index contributed by atoms with van der Waals surface area (Å²) < 4.78 is 38.0. The van der Waals surface area contributed by atoms with Crippen LogP contribution in [0.15, 0.2) is 54.1 Å². The van der Waals surface area contributed by atoms with E-state index in [0.29, 0.717) is 5.02 Å². The van der Waals surface area contributed by atoms with Crippen LogP contribution in [0.5, 0.6) is 0 Å². The number of nitrogens with zero attached hydrogens (tertiary/aromatic N) is 1. The van der Waals surface area contributed by atoms with Crippen LogP contribution in [0.2, 0.25) is 5.02 Å². The van der Waals surface area contributed by atoms with Crippen LogP contribution in [-0.2, 0) is 19.4 Å². The number of benzene rings is 2. The van der Waals surface area contributed by atoms with Gasteiger partial charge in [-0.3, -0.25) is 9.59 Å². The fourth-order valence-electron chi connectivity index (χ4n) is 3.99. The van der Waals surface area contributed by atoms with Crippen LogP contribution >= 0.6 is 11.6 Å². The molecule has 0 radical (unpaired) electrons. The molecule has 6 nitrogen and oxygen atoms in total. The maximum atomic E-state index is 14.0. The van der Waals surface area contributed by atoms with E-state index in [1.165, 1.54) is 53.4 Å². The number of rotatable bonds is 3. The van der Waals surface area contributed by atoms with Crippen molar-refractivity contribution in [1.82, 2.24) is 4.90 Å². The zero-order valence-electron chi connectivity index (χ0n) is 15.6. The lowest BCUT2D eigenvalue weighted by atomic mass is 9.94. The molecule has 2 aliphatic rings. The van der Waals surface area contributed by atoms with E-state index in [-0.39, 0.29) is 34.6 Å². The van der Waals surface area contributed by atoms with Crippen LogP contribution < -0.4 is 0 Å². The van der Waals surface area contributed by atoms with Crippen LogP contribution in [0.25, 0.3) is 5.76 Å². The van der Waals surface area contributed by atoms with Crippen molar-refractivity contribution < 1.29 is 27.5 Å². The average molecular weight is 450 g/mol. The van der Waals surface area contributed by atoms with Crippen molar-refractivity contribution in [2.75, 3.05) is 11.5 Å². The first-order chi connectivity index (χ1) is 14.2. The van der Waals surface area contributed by atoms with Crippen molar-refractivity contribution in [3.05, 3.63) is 76.1 Å². The predicted molar refractivity (Wildman–Crippen MR) is 109 cm³/mol. The summed E-state index contributed by atoms with van der Waals surface area (Å²) in [7, 11) is -3.35. The number of hydrogen-bond donors (Lipinski definition) is 1. The first-order valence-corrected chi connectivity index (χ1v) is 11.4. The number of hydrogen-bond acceptors (Lipinski definition) is 5. The van der Waals surface area contributed by atoms with E-state index < -0.39 is 45.2 Å². The van der Waals surface area contributed by atoms with Gasteiger partial charge in [0.1, 0.15) is 11.6 Å². The van der Waals surface area contributed by atoms with Gasteiger partial charge >= 0.3 is 0 Å². The molecule has 1 amide bonds. The summed E-state index contributed by atoms with van der Waals surface area (Å²) in [6, 6.07) is 9.54. The Labute approximate surface area is 177 Å². The maximum absolute atomic E-state index is 14.0. The van der Waals surface area contributed by atoms with Gasteiger partial charge in [0.25, 0.3) is 11.7 Å². The van der Waals surface area contributed by atoms with E-state index in [1.807, 2.05) is 0 Å². The Bertz CT molecular complexity index is 1180. The van der Waals surface area contributed by atoms with Crippen LogP contribution in [0.4, 0.5) is 4.39 Å². The number of halogens is 2. The van der Waals surface area contributed by atoms with Crippen LogP contribution in [0.1, 0.15) is 23.6 Å². The van der Waals surface area contributed by atoms with E-state index in [9.17, 15) is 27.5 Å². The molecule has 1 N–H and O–H groups in total. The number of carbonyl (C=O) groups is 2. The number of likely N-dealkylation sites (tertiary alicyclic amines) is 1. The molecule has 2 saturated heterocycles. The summed E-state index contributed by atoms with van der Waals surface area (Å²) in [5.74, 6) is -3.25. The van der Waals surface area contributed by atoms with Gasteiger partial charge in [-0.1, -0.05) is 23.7 Å². The second-order valence-corrected chi connectivity index (χ2v) is 9.99. The summed E-state index contributed by atoms with van der Waals surface area (Å²) in [6.07, 6.45) is 0.169. The summed E-state index contributed by atoms with van der Waals surface area (Å²) in [5.41, 5.74) is 0.323. The highest BCUT2D eigenvalue weighted by Crippen LogP contribution is 2.42. The molecular weight excluding hydrogens is 433 g/mol. The van der Waals surface area contributed by atoms with E-state index >= 15 is 0 Å². The van der Waals surface area contributed by atoms with Crippen molar-refractivity contribution in [2.45, 2.75) is 18.5 Å². The highest BCUT2D eigenvalue weighted by atomic mass is 35.5. The molecule has 0 spiro atoms. The lowest BCUT2D eigenvalue weighted by molar-refractivity contribution is -0.141. The number of aliphatic hydroxyl groups is 1. The molecule has 2 fully saturated rings. The fourth-order valence-corrected chi connectivity index (χ4v) is 5.83. The summed E-state index contributed by atoms with van der Waals surface area (Å²) in [5, 5.41) is 11.3. The predicted octanol–water partition coefficient (Wildman–Crippen LogP) is 3.09. The van der Waals surface area contributed by atoms with E-state index in [4.69, 9.17) is 11.6 Å². The Balaban J connectivity index is 1.90. The summed E-state index contributed by atoms with van der Waals surface area (Å²) in [4.78, 5) is 27.0. The minimum atomic E-state index is -3.35. The molecule has 9 heteroatoms. The summed E-state index contributed by atoms with van der Waals surface area (Å²) in [6.45, 7) is 0. The van der Waals surface area contributed by atoms with Crippen molar-refractivity contribution in [2.24, 2.45) is 0 Å². The van der Waals surface area contributed by atoms with Crippen LogP contribution in [0.3, 0.4) is 0 Å². The van der Waals surface area contributed by atoms with Gasteiger partial charge in [0, 0.05) is 16.6 Å².